The van der Waals surface area contributed by atoms with Crippen LogP contribution in [0.15, 0.2) is 71.8 Å². The minimum absolute atomic E-state index is 0.0135. The number of amides is 1. The van der Waals surface area contributed by atoms with Crippen molar-refractivity contribution in [1.82, 2.24) is 5.43 Å². The number of phenolic OH excluding ortho intramolecular Hbond substituents is 1. The van der Waals surface area contributed by atoms with E-state index in [1.54, 1.807) is 42.5 Å². The Morgan fingerprint density at radius 2 is 1.87 bits per heavy atom. The second-order valence-corrected chi connectivity index (χ2v) is 6.34. The molecule has 0 aromatic heterocycles. The number of nitrogens with one attached hydrogen (secondary N) is 1. The van der Waals surface area contributed by atoms with E-state index in [0.29, 0.717) is 17.1 Å². The van der Waals surface area contributed by atoms with Crippen molar-refractivity contribution < 1.29 is 24.3 Å². The van der Waals surface area contributed by atoms with Gasteiger partial charge in [-0.25, -0.2) is 5.43 Å². The molecule has 3 rings (SSSR count). The Labute approximate surface area is 177 Å². The molecule has 158 valence electrons. The number of rotatable bonds is 8. The third kappa shape index (κ3) is 5.57. The predicted molar refractivity (Wildman–Crippen MR) is 114 cm³/mol. The second kappa shape index (κ2) is 9.88. The highest BCUT2D eigenvalue weighted by Crippen LogP contribution is 2.28. The average molecular weight is 421 g/mol. The van der Waals surface area contributed by atoms with Crippen molar-refractivity contribution in [2.75, 3.05) is 7.11 Å². The zero-order valence-electron chi connectivity index (χ0n) is 16.5. The zero-order chi connectivity index (χ0) is 22.2. The summed E-state index contributed by atoms with van der Waals surface area (Å²) >= 11 is 0. The molecule has 0 radical (unpaired) electrons. The summed E-state index contributed by atoms with van der Waals surface area (Å²) in [5.74, 6) is 0.268. The van der Waals surface area contributed by atoms with Gasteiger partial charge < -0.3 is 14.6 Å². The van der Waals surface area contributed by atoms with E-state index in [0.717, 1.165) is 5.56 Å². The number of benzene rings is 3. The predicted octanol–water partition coefficient (Wildman–Crippen LogP) is 3.65. The van der Waals surface area contributed by atoms with Gasteiger partial charge in [0.05, 0.1) is 23.8 Å². The highest BCUT2D eigenvalue weighted by molar-refractivity contribution is 5.97. The molecule has 0 spiro atoms. The monoisotopic (exact) mass is 421 g/mol. The first-order chi connectivity index (χ1) is 15.0. The van der Waals surface area contributed by atoms with E-state index in [4.69, 9.17) is 9.47 Å². The maximum absolute atomic E-state index is 12.0. The molecule has 0 aliphatic heterocycles. The lowest BCUT2D eigenvalue weighted by Crippen LogP contribution is -2.17. The third-order valence-electron chi connectivity index (χ3n) is 4.26. The number of ether oxygens (including phenoxy) is 2. The molecule has 0 saturated carbocycles. The summed E-state index contributed by atoms with van der Waals surface area (Å²) in [7, 11) is 1.49. The molecular formula is C22H19N3O6. The minimum Gasteiger partial charge on any atom is -0.507 e. The molecule has 1 amide bonds. The molecule has 0 aliphatic rings. The average Bonchev–Trinajstić information content (AvgIpc) is 2.78. The van der Waals surface area contributed by atoms with E-state index >= 15 is 0 Å². The number of nitro benzene ring substituents is 1. The summed E-state index contributed by atoms with van der Waals surface area (Å²) < 4.78 is 11.1. The lowest BCUT2D eigenvalue weighted by molar-refractivity contribution is -0.384. The van der Waals surface area contributed by atoms with Crippen molar-refractivity contribution in [1.29, 1.82) is 0 Å². The summed E-state index contributed by atoms with van der Waals surface area (Å²) in [5.41, 5.74) is 3.90. The first-order valence-corrected chi connectivity index (χ1v) is 9.13. The number of hydrazone groups is 1. The summed E-state index contributed by atoms with van der Waals surface area (Å²) in [6, 6.07) is 17.3. The van der Waals surface area contributed by atoms with E-state index in [2.05, 4.69) is 10.5 Å². The largest absolute Gasteiger partial charge is 0.507 e. The normalized spacial score (nSPS) is 10.6. The summed E-state index contributed by atoms with van der Waals surface area (Å²) in [5, 5.41) is 24.3. The molecule has 2 N–H and O–H groups in total. The van der Waals surface area contributed by atoms with Crippen LogP contribution in [0.1, 0.15) is 21.5 Å². The van der Waals surface area contributed by atoms with E-state index < -0.39 is 10.8 Å². The molecule has 0 unspecified atom stereocenters. The van der Waals surface area contributed by atoms with Gasteiger partial charge >= 0.3 is 0 Å². The fourth-order valence-electron chi connectivity index (χ4n) is 2.65. The van der Waals surface area contributed by atoms with Crippen LogP contribution in [0.4, 0.5) is 5.69 Å². The standard InChI is InChI=1S/C22H19N3O6/c1-30-21-12-16(13-23-24-22(27)18-4-2-3-5-19(18)26)8-11-20(21)31-14-15-6-9-17(10-7-15)25(28)29/h2-13,26H,14H2,1H3,(H,24,27)/b23-13+. The molecule has 0 fully saturated rings. The second-order valence-electron chi connectivity index (χ2n) is 6.34. The van der Waals surface area contributed by atoms with Gasteiger partial charge in [0.2, 0.25) is 0 Å². The van der Waals surface area contributed by atoms with Gasteiger partial charge in [0, 0.05) is 12.1 Å². The first-order valence-electron chi connectivity index (χ1n) is 9.13. The summed E-state index contributed by atoms with van der Waals surface area (Å²) in [4.78, 5) is 22.3. The smallest absolute Gasteiger partial charge is 0.275 e. The van der Waals surface area contributed by atoms with Crippen molar-refractivity contribution >= 4 is 17.8 Å². The number of non-ortho nitro benzene ring substituents is 1. The lowest BCUT2D eigenvalue weighted by atomic mass is 10.2. The van der Waals surface area contributed by atoms with Crippen LogP contribution in [0.25, 0.3) is 0 Å². The van der Waals surface area contributed by atoms with Crippen molar-refractivity contribution in [2.24, 2.45) is 5.10 Å². The molecule has 0 saturated heterocycles. The zero-order valence-corrected chi connectivity index (χ0v) is 16.5. The molecule has 0 heterocycles. The molecule has 9 nitrogen and oxygen atoms in total. The van der Waals surface area contributed by atoms with Crippen molar-refractivity contribution in [3.63, 3.8) is 0 Å². The summed E-state index contributed by atoms with van der Waals surface area (Å²) in [6.07, 6.45) is 1.43. The number of aromatic hydroxyl groups is 1. The molecule has 3 aromatic carbocycles. The SMILES string of the molecule is COc1cc(/C=N/NC(=O)c2ccccc2O)ccc1OCc1ccc([N+](=O)[O-])cc1. The topological polar surface area (TPSA) is 123 Å². The highest BCUT2D eigenvalue weighted by Gasteiger charge is 2.10. The van der Waals surface area contributed by atoms with Gasteiger partial charge in [0.1, 0.15) is 12.4 Å². The number of hydrogen-bond acceptors (Lipinski definition) is 7. The van der Waals surface area contributed by atoms with E-state index in [1.807, 2.05) is 0 Å². The molecule has 0 atom stereocenters. The van der Waals surface area contributed by atoms with Crippen molar-refractivity contribution in [3.05, 3.63) is 93.5 Å². The number of nitro groups is 1. The quantitative estimate of drug-likeness (QED) is 0.325. The van der Waals surface area contributed by atoms with Gasteiger partial charge in [0.25, 0.3) is 11.6 Å². The molecule has 31 heavy (non-hydrogen) atoms. The van der Waals surface area contributed by atoms with Gasteiger partial charge in [-0.05, 0) is 53.6 Å². The number of phenols is 1. The number of para-hydroxylation sites is 1. The fraction of sp³-hybridized carbons (Fsp3) is 0.0909. The van der Waals surface area contributed by atoms with Crippen LogP contribution < -0.4 is 14.9 Å². The van der Waals surface area contributed by atoms with Crippen LogP contribution in [-0.4, -0.2) is 29.3 Å². The Kier molecular flexibility index (Phi) is 6.79. The molecule has 0 aliphatic carbocycles. The van der Waals surface area contributed by atoms with Crippen LogP contribution in [0.3, 0.4) is 0 Å². The van der Waals surface area contributed by atoms with Gasteiger partial charge in [-0.1, -0.05) is 12.1 Å². The Hall–Kier alpha value is -4.40. The molecular weight excluding hydrogens is 402 g/mol. The molecule has 3 aromatic rings. The fourth-order valence-corrected chi connectivity index (χ4v) is 2.65. The minimum atomic E-state index is -0.538. The highest BCUT2D eigenvalue weighted by atomic mass is 16.6. The van der Waals surface area contributed by atoms with Crippen LogP contribution >= 0.6 is 0 Å². The number of carbonyl (C=O) groups is 1. The number of nitrogens with zero attached hydrogens (tertiary/aromatic N) is 2. The Balaban J connectivity index is 1.62. The van der Waals surface area contributed by atoms with Crippen LogP contribution in [0.5, 0.6) is 17.2 Å². The van der Waals surface area contributed by atoms with Crippen molar-refractivity contribution in [3.8, 4) is 17.2 Å². The van der Waals surface area contributed by atoms with Crippen LogP contribution in [-0.2, 0) is 6.61 Å². The Morgan fingerprint density at radius 3 is 2.55 bits per heavy atom. The lowest BCUT2D eigenvalue weighted by Gasteiger charge is -2.11. The van der Waals surface area contributed by atoms with Crippen LogP contribution in [0, 0.1) is 10.1 Å². The van der Waals surface area contributed by atoms with Crippen molar-refractivity contribution in [2.45, 2.75) is 6.61 Å². The number of methoxy groups -OCH3 is 1. The van der Waals surface area contributed by atoms with E-state index in [1.165, 1.54) is 37.6 Å². The van der Waals surface area contributed by atoms with Crippen LogP contribution in [0.2, 0.25) is 0 Å². The molecule has 0 bridgehead atoms. The third-order valence-corrected chi connectivity index (χ3v) is 4.26. The summed E-state index contributed by atoms with van der Waals surface area (Å²) in [6.45, 7) is 0.207. The van der Waals surface area contributed by atoms with Gasteiger partial charge in [-0.15, -0.1) is 0 Å². The number of hydrogen-bond donors (Lipinski definition) is 2. The Morgan fingerprint density at radius 1 is 1.13 bits per heavy atom. The maximum atomic E-state index is 12.0. The first kappa shape index (κ1) is 21.3. The van der Waals surface area contributed by atoms with E-state index in [9.17, 15) is 20.0 Å². The van der Waals surface area contributed by atoms with E-state index in [-0.39, 0.29) is 23.6 Å². The van der Waals surface area contributed by atoms with Gasteiger partial charge in [0.15, 0.2) is 11.5 Å². The maximum Gasteiger partial charge on any atom is 0.275 e. The number of carbonyl (C=O) groups excluding carboxylic acids is 1. The van der Waals surface area contributed by atoms with Gasteiger partial charge in [-0.3, -0.25) is 14.9 Å². The van der Waals surface area contributed by atoms with Gasteiger partial charge in [-0.2, -0.15) is 5.10 Å². The Bertz CT molecular complexity index is 1110. The molecule has 9 heteroatoms.